The molecule has 78 valence electrons. The third-order valence-electron chi connectivity index (χ3n) is 2.43. The van der Waals surface area contributed by atoms with Crippen molar-refractivity contribution in [3.8, 4) is 0 Å². The second-order valence-electron chi connectivity index (χ2n) is 3.30. The van der Waals surface area contributed by atoms with E-state index in [9.17, 15) is 9.59 Å². The van der Waals surface area contributed by atoms with E-state index in [1.807, 2.05) is 0 Å². The molecule has 0 unspecified atom stereocenters. The van der Waals surface area contributed by atoms with Gasteiger partial charge in [0.15, 0.2) is 0 Å². The molecule has 0 amide bonds. The standard InChI is InChI=1S/C10H6Cl2O3/c1-3-5-6(10(14)15-9(5)13)8(12)4(2)7(3)11/h1-2H3. The molecule has 0 saturated carbocycles. The number of benzene rings is 1. The predicted molar refractivity (Wildman–Crippen MR) is 55.7 cm³/mol. The van der Waals surface area contributed by atoms with E-state index in [1.54, 1.807) is 13.8 Å². The lowest BCUT2D eigenvalue weighted by Gasteiger charge is -2.08. The van der Waals surface area contributed by atoms with Gasteiger partial charge in [-0.1, -0.05) is 23.2 Å². The number of hydrogen-bond donors (Lipinski definition) is 0. The third kappa shape index (κ3) is 1.27. The number of halogens is 2. The topological polar surface area (TPSA) is 43.4 Å². The lowest BCUT2D eigenvalue weighted by atomic mass is 10.0. The van der Waals surface area contributed by atoms with Crippen LogP contribution in [-0.4, -0.2) is 11.9 Å². The number of hydrogen-bond acceptors (Lipinski definition) is 3. The van der Waals surface area contributed by atoms with Gasteiger partial charge < -0.3 is 4.74 Å². The van der Waals surface area contributed by atoms with Crippen molar-refractivity contribution in [2.75, 3.05) is 0 Å². The van der Waals surface area contributed by atoms with Crippen molar-refractivity contribution in [1.29, 1.82) is 0 Å². The van der Waals surface area contributed by atoms with Crippen LogP contribution in [0.1, 0.15) is 31.8 Å². The van der Waals surface area contributed by atoms with Gasteiger partial charge in [-0.2, -0.15) is 0 Å². The highest BCUT2D eigenvalue weighted by molar-refractivity contribution is 6.40. The molecular formula is C10H6Cl2O3. The van der Waals surface area contributed by atoms with Crippen LogP contribution >= 0.6 is 23.2 Å². The molecule has 1 heterocycles. The second-order valence-corrected chi connectivity index (χ2v) is 4.06. The second kappa shape index (κ2) is 3.22. The Kier molecular flexibility index (Phi) is 2.24. The van der Waals surface area contributed by atoms with Crippen LogP contribution in [0.4, 0.5) is 0 Å². The Bertz CT molecular complexity index is 461. The Morgan fingerprint density at radius 1 is 0.867 bits per heavy atom. The van der Waals surface area contributed by atoms with Gasteiger partial charge in [0.1, 0.15) is 0 Å². The van der Waals surface area contributed by atoms with E-state index < -0.39 is 11.9 Å². The molecular weight excluding hydrogens is 239 g/mol. The Morgan fingerprint density at radius 2 is 1.40 bits per heavy atom. The van der Waals surface area contributed by atoms with E-state index in [0.717, 1.165) is 0 Å². The summed E-state index contributed by atoms with van der Waals surface area (Å²) in [6.07, 6.45) is 0. The minimum atomic E-state index is -0.706. The van der Waals surface area contributed by atoms with Crippen molar-refractivity contribution >= 4 is 35.1 Å². The Morgan fingerprint density at radius 3 is 2.00 bits per heavy atom. The third-order valence-corrected chi connectivity index (χ3v) is 3.47. The average molecular weight is 245 g/mol. The molecule has 0 bridgehead atoms. The highest BCUT2D eigenvalue weighted by Gasteiger charge is 2.35. The molecule has 1 aromatic carbocycles. The molecule has 0 spiro atoms. The van der Waals surface area contributed by atoms with Crippen LogP contribution in [0.25, 0.3) is 0 Å². The van der Waals surface area contributed by atoms with Crippen LogP contribution in [0.5, 0.6) is 0 Å². The lowest BCUT2D eigenvalue weighted by molar-refractivity contribution is 0.0443. The number of carbonyl (C=O) groups is 2. The van der Waals surface area contributed by atoms with Crippen LogP contribution in [0.2, 0.25) is 10.0 Å². The number of rotatable bonds is 0. The van der Waals surface area contributed by atoms with Gasteiger partial charge >= 0.3 is 11.9 Å². The van der Waals surface area contributed by atoms with Crippen molar-refractivity contribution in [2.24, 2.45) is 0 Å². The smallest absolute Gasteiger partial charge is 0.348 e. The van der Waals surface area contributed by atoms with E-state index in [2.05, 4.69) is 4.74 Å². The molecule has 0 aromatic heterocycles. The first kappa shape index (κ1) is 10.5. The quantitative estimate of drug-likeness (QED) is 0.521. The fourth-order valence-corrected chi connectivity index (χ4v) is 2.11. The molecule has 0 atom stereocenters. The number of cyclic esters (lactones) is 2. The number of carbonyl (C=O) groups excluding carboxylic acids is 2. The monoisotopic (exact) mass is 244 g/mol. The number of fused-ring (bicyclic) bond motifs is 1. The molecule has 5 heteroatoms. The van der Waals surface area contributed by atoms with E-state index in [0.29, 0.717) is 16.1 Å². The maximum absolute atomic E-state index is 11.4. The molecule has 1 aliphatic heterocycles. The summed E-state index contributed by atoms with van der Waals surface area (Å²) in [5, 5.41) is 0.585. The van der Waals surface area contributed by atoms with E-state index in [4.69, 9.17) is 23.2 Å². The first-order chi connectivity index (χ1) is 6.95. The highest BCUT2D eigenvalue weighted by Crippen LogP contribution is 2.37. The van der Waals surface area contributed by atoms with Gasteiger partial charge in [0.25, 0.3) is 0 Å². The zero-order chi connectivity index (χ0) is 11.3. The van der Waals surface area contributed by atoms with E-state index in [-0.39, 0.29) is 16.1 Å². The zero-order valence-corrected chi connectivity index (χ0v) is 9.49. The van der Waals surface area contributed by atoms with Gasteiger partial charge in [0.05, 0.1) is 16.1 Å². The van der Waals surface area contributed by atoms with Gasteiger partial charge in [0, 0.05) is 5.02 Å². The predicted octanol–water partition coefficient (Wildman–Crippen LogP) is 2.92. The molecule has 0 radical (unpaired) electrons. The molecule has 3 nitrogen and oxygen atoms in total. The normalized spacial score (nSPS) is 14.1. The first-order valence-corrected chi connectivity index (χ1v) is 4.95. The average Bonchev–Trinajstić information content (AvgIpc) is 2.47. The van der Waals surface area contributed by atoms with E-state index >= 15 is 0 Å². The summed E-state index contributed by atoms with van der Waals surface area (Å²) in [5.41, 5.74) is 1.42. The number of esters is 2. The summed E-state index contributed by atoms with van der Waals surface area (Å²) < 4.78 is 4.48. The number of ether oxygens (including phenoxy) is 1. The lowest BCUT2D eigenvalue weighted by Crippen LogP contribution is -2.00. The molecule has 0 fully saturated rings. The van der Waals surface area contributed by atoms with Crippen molar-refractivity contribution in [1.82, 2.24) is 0 Å². The van der Waals surface area contributed by atoms with Gasteiger partial charge in [0.2, 0.25) is 0 Å². The summed E-state index contributed by atoms with van der Waals surface area (Å²) in [6, 6.07) is 0. The molecule has 0 saturated heterocycles. The summed E-state index contributed by atoms with van der Waals surface area (Å²) >= 11 is 11.9. The van der Waals surface area contributed by atoms with Crippen LogP contribution in [-0.2, 0) is 4.74 Å². The zero-order valence-electron chi connectivity index (χ0n) is 7.98. The Hall–Kier alpha value is -1.06. The first-order valence-electron chi connectivity index (χ1n) is 4.19. The molecule has 1 aromatic rings. The van der Waals surface area contributed by atoms with Crippen LogP contribution < -0.4 is 0 Å². The van der Waals surface area contributed by atoms with Crippen molar-refractivity contribution in [3.05, 3.63) is 32.3 Å². The molecule has 15 heavy (non-hydrogen) atoms. The summed E-state index contributed by atoms with van der Waals surface area (Å²) in [7, 11) is 0. The van der Waals surface area contributed by atoms with Crippen molar-refractivity contribution < 1.29 is 14.3 Å². The van der Waals surface area contributed by atoms with E-state index in [1.165, 1.54) is 0 Å². The van der Waals surface area contributed by atoms with Crippen molar-refractivity contribution in [2.45, 2.75) is 13.8 Å². The Labute approximate surface area is 95.9 Å². The Balaban J connectivity index is 2.92. The maximum Gasteiger partial charge on any atom is 0.348 e. The van der Waals surface area contributed by atoms with Gasteiger partial charge in [-0.25, -0.2) is 9.59 Å². The van der Waals surface area contributed by atoms with Gasteiger partial charge in [-0.15, -0.1) is 0 Å². The van der Waals surface area contributed by atoms with Crippen LogP contribution in [0.3, 0.4) is 0 Å². The molecule has 2 rings (SSSR count). The molecule has 0 N–H and O–H groups in total. The van der Waals surface area contributed by atoms with Crippen molar-refractivity contribution in [3.63, 3.8) is 0 Å². The summed E-state index contributed by atoms with van der Waals surface area (Å²) in [4.78, 5) is 22.7. The van der Waals surface area contributed by atoms with Crippen LogP contribution in [0.15, 0.2) is 0 Å². The minimum absolute atomic E-state index is 0.126. The maximum atomic E-state index is 11.4. The highest BCUT2D eigenvalue weighted by atomic mass is 35.5. The molecule has 1 aliphatic rings. The van der Waals surface area contributed by atoms with Crippen LogP contribution in [0, 0.1) is 13.8 Å². The fraction of sp³-hybridized carbons (Fsp3) is 0.200. The minimum Gasteiger partial charge on any atom is -0.386 e. The largest absolute Gasteiger partial charge is 0.386 e. The summed E-state index contributed by atoms with van der Waals surface area (Å²) in [6.45, 7) is 3.35. The van der Waals surface area contributed by atoms with Gasteiger partial charge in [-0.05, 0) is 25.0 Å². The fourth-order valence-electron chi connectivity index (χ4n) is 1.61. The van der Waals surface area contributed by atoms with Gasteiger partial charge in [-0.3, -0.25) is 0 Å². The summed E-state index contributed by atoms with van der Waals surface area (Å²) in [5.74, 6) is -1.39. The molecule has 0 aliphatic carbocycles. The SMILES string of the molecule is Cc1c(Cl)c(C)c2c(c1Cl)C(=O)OC2=O.